The summed E-state index contributed by atoms with van der Waals surface area (Å²) in [4.78, 5) is 17.4. The summed E-state index contributed by atoms with van der Waals surface area (Å²) < 4.78 is 4.85. The fourth-order valence-corrected chi connectivity index (χ4v) is 4.22. The molecule has 0 radical (unpaired) electrons. The van der Waals surface area contributed by atoms with E-state index in [0.29, 0.717) is 6.42 Å². The third-order valence-corrected chi connectivity index (χ3v) is 6.13. The van der Waals surface area contributed by atoms with Crippen LogP contribution in [0.1, 0.15) is 17.0 Å². The van der Waals surface area contributed by atoms with Crippen molar-refractivity contribution in [2.45, 2.75) is 13.0 Å². The van der Waals surface area contributed by atoms with Gasteiger partial charge in [0, 0.05) is 19.8 Å². The Morgan fingerprint density at radius 2 is 1.71 bits per heavy atom. The van der Waals surface area contributed by atoms with Gasteiger partial charge in [0.2, 0.25) is 0 Å². The molecule has 0 aliphatic heterocycles. The van der Waals surface area contributed by atoms with Gasteiger partial charge >= 0.3 is 0 Å². The molecule has 0 aliphatic rings. The molecule has 0 fully saturated rings. The van der Waals surface area contributed by atoms with E-state index < -0.39 is 0 Å². The zero-order valence-electron chi connectivity index (χ0n) is 16.2. The first-order chi connectivity index (χ1) is 15.0. The lowest BCUT2D eigenvalue weighted by Crippen LogP contribution is -2.24. The summed E-state index contributed by atoms with van der Waals surface area (Å²) in [6.07, 6.45) is 2.24. The van der Waals surface area contributed by atoms with E-state index >= 15 is 0 Å². The molecule has 3 aromatic carbocycles. The third kappa shape index (κ3) is 5.70. The normalized spacial score (nSPS) is 11.3. The molecule has 156 valence electrons. The van der Waals surface area contributed by atoms with Crippen LogP contribution in [-0.4, -0.2) is 21.7 Å². The largest absolute Gasteiger partial charge is 0.318 e. The van der Waals surface area contributed by atoms with Crippen LogP contribution in [0.15, 0.2) is 85.2 Å². The highest BCUT2D eigenvalue weighted by atomic mass is 79.9. The summed E-state index contributed by atoms with van der Waals surface area (Å²) in [6, 6.07) is 21.7. The molecule has 1 heterocycles. The molecule has 4 rings (SSSR count). The number of hydrazone groups is 1. The van der Waals surface area contributed by atoms with Gasteiger partial charge in [-0.1, -0.05) is 72.1 Å². The summed E-state index contributed by atoms with van der Waals surface area (Å²) in [5.74, 6) is 0.601. The number of amides is 1. The first-order valence-corrected chi connectivity index (χ1v) is 11.8. The van der Waals surface area contributed by atoms with E-state index in [1.165, 1.54) is 0 Å². The van der Waals surface area contributed by atoms with Gasteiger partial charge in [-0.2, -0.15) is 5.10 Å². The van der Waals surface area contributed by atoms with Gasteiger partial charge in [-0.05, 0) is 53.6 Å². The summed E-state index contributed by atoms with van der Waals surface area (Å²) >= 11 is 10.4. The highest BCUT2D eigenvalue weighted by molar-refractivity contribution is 9.11. The average molecular weight is 605 g/mol. The molecule has 0 saturated carbocycles. The monoisotopic (exact) mass is 602 g/mol. The number of halogens is 3. The SMILES string of the molecule is O=C(Cn1c(Cc2ccc(Br)cc2)nc2ccc(Br)cc21)N/N=C/c1cccc(Br)c1. The van der Waals surface area contributed by atoms with Crippen LogP contribution in [0.5, 0.6) is 0 Å². The number of imidazole rings is 1. The summed E-state index contributed by atoms with van der Waals surface area (Å²) in [5, 5.41) is 4.09. The maximum Gasteiger partial charge on any atom is 0.260 e. The van der Waals surface area contributed by atoms with Gasteiger partial charge in [-0.3, -0.25) is 4.79 Å². The molecule has 1 amide bonds. The van der Waals surface area contributed by atoms with Gasteiger partial charge in [-0.25, -0.2) is 10.4 Å². The van der Waals surface area contributed by atoms with Crippen LogP contribution >= 0.6 is 47.8 Å². The van der Waals surface area contributed by atoms with Crippen molar-refractivity contribution < 1.29 is 4.79 Å². The fraction of sp³-hybridized carbons (Fsp3) is 0.0870. The van der Waals surface area contributed by atoms with Crippen molar-refractivity contribution in [3.05, 3.63) is 97.1 Å². The lowest BCUT2D eigenvalue weighted by molar-refractivity contribution is -0.121. The van der Waals surface area contributed by atoms with Crippen LogP contribution in [0.4, 0.5) is 0 Å². The van der Waals surface area contributed by atoms with Crippen LogP contribution in [-0.2, 0) is 17.8 Å². The number of carbonyl (C=O) groups is 1. The van der Waals surface area contributed by atoms with E-state index in [9.17, 15) is 4.79 Å². The first kappa shape index (κ1) is 21.9. The second-order valence-electron chi connectivity index (χ2n) is 6.90. The Kier molecular flexibility index (Phi) is 6.99. The van der Waals surface area contributed by atoms with Gasteiger partial charge < -0.3 is 4.57 Å². The smallest absolute Gasteiger partial charge is 0.260 e. The number of nitrogens with one attached hydrogen (secondary N) is 1. The fourth-order valence-electron chi connectivity index (χ4n) is 3.19. The number of aromatic nitrogens is 2. The Hall–Kier alpha value is -2.29. The predicted molar refractivity (Wildman–Crippen MR) is 134 cm³/mol. The first-order valence-electron chi connectivity index (χ1n) is 9.44. The molecule has 8 heteroatoms. The quantitative estimate of drug-likeness (QED) is 0.215. The van der Waals surface area contributed by atoms with Crippen molar-refractivity contribution in [2.24, 2.45) is 5.10 Å². The van der Waals surface area contributed by atoms with Gasteiger partial charge in [0.25, 0.3) is 5.91 Å². The summed E-state index contributed by atoms with van der Waals surface area (Å²) in [7, 11) is 0. The van der Waals surface area contributed by atoms with Crippen molar-refractivity contribution in [3.63, 3.8) is 0 Å². The van der Waals surface area contributed by atoms with Gasteiger partial charge in [-0.15, -0.1) is 0 Å². The molecule has 1 aromatic heterocycles. The molecule has 31 heavy (non-hydrogen) atoms. The zero-order valence-corrected chi connectivity index (χ0v) is 21.0. The number of benzene rings is 3. The Morgan fingerprint density at radius 3 is 2.48 bits per heavy atom. The van der Waals surface area contributed by atoms with Gasteiger partial charge in [0.05, 0.1) is 17.2 Å². The Labute approximate surface area is 205 Å². The number of nitrogens with zero attached hydrogens (tertiary/aromatic N) is 3. The molecule has 1 N–H and O–H groups in total. The molecule has 5 nitrogen and oxygen atoms in total. The van der Waals surface area contributed by atoms with Crippen molar-refractivity contribution in [2.75, 3.05) is 0 Å². The Morgan fingerprint density at radius 1 is 0.968 bits per heavy atom. The maximum absolute atomic E-state index is 12.6. The van der Waals surface area contributed by atoms with Crippen molar-refractivity contribution in [1.82, 2.24) is 15.0 Å². The van der Waals surface area contributed by atoms with Gasteiger partial charge in [0.1, 0.15) is 12.4 Å². The second kappa shape index (κ2) is 9.89. The molecular formula is C23H17Br3N4O. The topological polar surface area (TPSA) is 59.3 Å². The molecule has 4 aromatic rings. The molecule has 0 aliphatic carbocycles. The lowest BCUT2D eigenvalue weighted by atomic mass is 10.1. The standard InChI is InChI=1S/C23H17Br3N4O/c24-17-6-4-15(5-7-17)11-22-28-20-9-8-19(26)12-21(20)30(22)14-23(31)29-27-13-16-2-1-3-18(25)10-16/h1-10,12-13H,11,14H2,(H,29,31)/b27-13+. The van der Waals surface area contributed by atoms with Crippen molar-refractivity contribution >= 4 is 70.9 Å². The second-order valence-corrected chi connectivity index (χ2v) is 9.65. The average Bonchev–Trinajstić information content (AvgIpc) is 3.06. The number of rotatable bonds is 6. The third-order valence-electron chi connectivity index (χ3n) is 4.62. The Balaban J connectivity index is 1.56. The molecular weight excluding hydrogens is 588 g/mol. The Bertz CT molecular complexity index is 1270. The molecule has 0 spiro atoms. The summed E-state index contributed by atoms with van der Waals surface area (Å²) in [5.41, 5.74) is 6.37. The highest BCUT2D eigenvalue weighted by Crippen LogP contribution is 2.23. The van der Waals surface area contributed by atoms with Crippen LogP contribution in [0, 0.1) is 0 Å². The number of fused-ring (bicyclic) bond motifs is 1. The minimum atomic E-state index is -0.220. The van der Waals surface area contributed by atoms with Crippen molar-refractivity contribution in [3.8, 4) is 0 Å². The van der Waals surface area contributed by atoms with Crippen LogP contribution in [0.25, 0.3) is 11.0 Å². The number of carbonyl (C=O) groups excluding carboxylic acids is 1. The predicted octanol–water partition coefficient (Wildman–Crippen LogP) is 6.06. The maximum atomic E-state index is 12.6. The van der Waals surface area contributed by atoms with E-state index in [0.717, 1.165) is 41.4 Å². The molecule has 0 atom stereocenters. The zero-order chi connectivity index (χ0) is 21.8. The lowest BCUT2D eigenvalue weighted by Gasteiger charge is -2.09. The minimum Gasteiger partial charge on any atom is -0.318 e. The van der Waals surface area contributed by atoms with Crippen LogP contribution in [0.3, 0.4) is 0 Å². The van der Waals surface area contributed by atoms with Crippen LogP contribution in [0.2, 0.25) is 0 Å². The van der Waals surface area contributed by atoms with E-state index in [1.54, 1.807) is 6.21 Å². The van der Waals surface area contributed by atoms with E-state index in [4.69, 9.17) is 4.98 Å². The van der Waals surface area contributed by atoms with Crippen molar-refractivity contribution in [1.29, 1.82) is 0 Å². The number of hydrogen-bond acceptors (Lipinski definition) is 3. The van der Waals surface area contributed by atoms with Gasteiger partial charge in [0.15, 0.2) is 0 Å². The molecule has 0 saturated heterocycles. The molecule has 0 bridgehead atoms. The minimum absolute atomic E-state index is 0.120. The highest BCUT2D eigenvalue weighted by Gasteiger charge is 2.14. The summed E-state index contributed by atoms with van der Waals surface area (Å²) in [6.45, 7) is 0.120. The number of hydrogen-bond donors (Lipinski definition) is 1. The van der Waals surface area contributed by atoms with E-state index in [2.05, 4.69) is 58.3 Å². The van der Waals surface area contributed by atoms with Crippen LogP contribution < -0.4 is 5.43 Å². The van der Waals surface area contributed by atoms with E-state index in [1.807, 2.05) is 71.3 Å². The molecule has 0 unspecified atom stereocenters. The van der Waals surface area contributed by atoms with E-state index in [-0.39, 0.29) is 12.5 Å².